The molecule has 0 N–H and O–H groups in total. The summed E-state index contributed by atoms with van der Waals surface area (Å²) in [7, 11) is 0. The summed E-state index contributed by atoms with van der Waals surface area (Å²) < 4.78 is 15.6. The van der Waals surface area contributed by atoms with Crippen LogP contribution in [0.3, 0.4) is 0 Å². The van der Waals surface area contributed by atoms with Gasteiger partial charge in [0.2, 0.25) is 0 Å². The van der Waals surface area contributed by atoms with Crippen LogP contribution in [-0.2, 0) is 5.41 Å². The number of hydrogen-bond acceptors (Lipinski definition) is 3. The second-order valence-corrected chi connectivity index (χ2v) is 13.8. The van der Waals surface area contributed by atoms with Crippen molar-refractivity contribution in [1.29, 1.82) is 0 Å². The minimum atomic E-state index is -0.133. The van der Waals surface area contributed by atoms with E-state index in [4.69, 9.17) is 9.47 Å². The van der Waals surface area contributed by atoms with Gasteiger partial charge in [0.1, 0.15) is 5.69 Å². The molecule has 0 spiro atoms. The Labute approximate surface area is 284 Å². The van der Waals surface area contributed by atoms with E-state index in [1.54, 1.807) is 0 Å². The fourth-order valence-corrected chi connectivity index (χ4v) is 8.54. The van der Waals surface area contributed by atoms with Crippen molar-refractivity contribution in [3.63, 3.8) is 0 Å². The van der Waals surface area contributed by atoms with Crippen LogP contribution in [0.2, 0.25) is 0 Å². The minimum Gasteiger partial charge on any atom is -0.453 e. The number of para-hydroxylation sites is 3. The highest BCUT2D eigenvalue weighted by Crippen LogP contribution is 2.56. The number of hydrogen-bond donors (Lipinski definition) is 0. The van der Waals surface area contributed by atoms with E-state index >= 15 is 0 Å². The van der Waals surface area contributed by atoms with Crippen molar-refractivity contribution in [3.8, 4) is 50.9 Å². The van der Waals surface area contributed by atoms with Gasteiger partial charge in [0.25, 0.3) is 0 Å². The summed E-state index contributed by atoms with van der Waals surface area (Å²) in [6.45, 7) is 4.69. The molecule has 11 rings (SSSR count). The predicted molar refractivity (Wildman–Crippen MR) is 199 cm³/mol. The van der Waals surface area contributed by atoms with Gasteiger partial charge in [0.15, 0.2) is 23.0 Å². The Morgan fingerprint density at radius 2 is 1.16 bits per heavy atom. The van der Waals surface area contributed by atoms with Crippen molar-refractivity contribution in [2.45, 2.75) is 19.3 Å². The van der Waals surface area contributed by atoms with Gasteiger partial charge in [-0.15, -0.1) is 0 Å². The van der Waals surface area contributed by atoms with Crippen LogP contribution in [0.5, 0.6) is 23.0 Å². The molecule has 8 aromatic rings. The summed E-state index contributed by atoms with van der Waals surface area (Å²) >= 11 is 0. The molecular weight excluding hydrogens is 601 g/mol. The molecule has 0 saturated carbocycles. The van der Waals surface area contributed by atoms with E-state index in [2.05, 4.69) is 151 Å². The maximum absolute atomic E-state index is 6.79. The van der Waals surface area contributed by atoms with Crippen molar-refractivity contribution in [3.05, 3.63) is 157 Å². The molecule has 4 heteroatoms. The van der Waals surface area contributed by atoms with Crippen molar-refractivity contribution >= 4 is 38.9 Å². The maximum Gasteiger partial charge on any atom is 0.155 e. The smallest absolute Gasteiger partial charge is 0.155 e. The molecule has 7 aromatic carbocycles. The standard InChI is InChI=1S/C45H30N2O2/c1-45(2)35-17-8-6-15-31(35)32-23-22-28(25-36(32)45)46(37-18-9-7-14-30(37)27-12-4-3-5-13-27)29-24-34-33-16-10-19-38-42(33)47-43(34)41(26-29)49-40-21-11-20-39(48-38)44(40)47/h3-26H,1-2H3. The average Bonchev–Trinajstić information content (AvgIpc) is 3.59. The third-order valence-corrected chi connectivity index (χ3v) is 10.7. The molecule has 49 heavy (non-hydrogen) atoms. The molecule has 4 nitrogen and oxygen atoms in total. The predicted octanol–water partition coefficient (Wildman–Crippen LogP) is 12.4. The van der Waals surface area contributed by atoms with Crippen LogP contribution in [0, 0.1) is 0 Å². The highest BCUT2D eigenvalue weighted by atomic mass is 16.5. The van der Waals surface area contributed by atoms with Gasteiger partial charge in [-0.1, -0.05) is 111 Å². The molecule has 0 amide bonds. The number of anilines is 3. The number of rotatable bonds is 4. The van der Waals surface area contributed by atoms with Crippen molar-refractivity contribution in [2.75, 3.05) is 4.90 Å². The number of fused-ring (bicyclic) bond motifs is 4. The zero-order chi connectivity index (χ0) is 32.4. The molecule has 0 atom stereocenters. The van der Waals surface area contributed by atoms with Gasteiger partial charge in [-0.2, -0.15) is 0 Å². The first-order valence-corrected chi connectivity index (χ1v) is 16.9. The molecule has 0 unspecified atom stereocenters. The molecule has 232 valence electrons. The fourth-order valence-electron chi connectivity index (χ4n) is 8.54. The number of nitrogens with zero attached hydrogens (tertiary/aromatic N) is 2. The first kappa shape index (κ1) is 26.8. The SMILES string of the molecule is CC1(C)c2ccccc2-c2ccc(N(c3cc4c5c(c3)c3cccc6c3n5-c3c(cccc3O4)O6)c3ccccc3-c3ccccc3)cc21. The Balaban J connectivity index is 1.21. The van der Waals surface area contributed by atoms with Crippen molar-refractivity contribution < 1.29 is 9.47 Å². The quantitative estimate of drug-likeness (QED) is 0.194. The maximum atomic E-state index is 6.79. The molecule has 3 heterocycles. The van der Waals surface area contributed by atoms with Crippen molar-refractivity contribution in [2.24, 2.45) is 0 Å². The highest BCUT2D eigenvalue weighted by molar-refractivity contribution is 6.16. The Morgan fingerprint density at radius 3 is 2.02 bits per heavy atom. The Bertz CT molecular complexity index is 2700. The first-order chi connectivity index (χ1) is 24.1. The number of ether oxygens (including phenoxy) is 2. The average molecular weight is 631 g/mol. The monoisotopic (exact) mass is 630 g/mol. The fraction of sp³-hybridized carbons (Fsp3) is 0.0667. The largest absolute Gasteiger partial charge is 0.453 e. The topological polar surface area (TPSA) is 26.6 Å². The Morgan fingerprint density at radius 1 is 0.490 bits per heavy atom. The molecule has 1 aromatic heterocycles. The zero-order valence-corrected chi connectivity index (χ0v) is 27.1. The van der Waals surface area contributed by atoms with Crippen LogP contribution in [0.25, 0.3) is 49.7 Å². The van der Waals surface area contributed by atoms with Crippen LogP contribution in [0.4, 0.5) is 17.1 Å². The van der Waals surface area contributed by atoms with Gasteiger partial charge in [-0.05, 0) is 70.3 Å². The van der Waals surface area contributed by atoms with E-state index in [1.807, 2.05) is 18.2 Å². The number of aromatic nitrogens is 1. The van der Waals surface area contributed by atoms with Gasteiger partial charge < -0.3 is 14.4 Å². The van der Waals surface area contributed by atoms with E-state index < -0.39 is 0 Å². The van der Waals surface area contributed by atoms with Crippen LogP contribution in [0.15, 0.2) is 146 Å². The normalized spacial score (nSPS) is 14.0. The van der Waals surface area contributed by atoms with E-state index in [0.717, 1.165) is 73.1 Å². The van der Waals surface area contributed by atoms with Gasteiger partial charge >= 0.3 is 0 Å². The van der Waals surface area contributed by atoms with E-state index in [9.17, 15) is 0 Å². The summed E-state index contributed by atoms with van der Waals surface area (Å²) in [6.07, 6.45) is 0. The lowest BCUT2D eigenvalue weighted by Crippen LogP contribution is -2.17. The molecule has 1 aliphatic carbocycles. The third-order valence-electron chi connectivity index (χ3n) is 10.7. The van der Waals surface area contributed by atoms with E-state index in [0.29, 0.717) is 0 Å². The van der Waals surface area contributed by atoms with E-state index in [-0.39, 0.29) is 5.41 Å². The number of benzene rings is 7. The summed E-state index contributed by atoms with van der Waals surface area (Å²) in [6, 6.07) is 52.1. The summed E-state index contributed by atoms with van der Waals surface area (Å²) in [5, 5.41) is 2.27. The van der Waals surface area contributed by atoms with E-state index in [1.165, 1.54) is 27.8 Å². The van der Waals surface area contributed by atoms with Gasteiger partial charge in [0, 0.05) is 33.5 Å². The summed E-state index contributed by atoms with van der Waals surface area (Å²) in [5.74, 6) is 3.30. The molecule has 0 radical (unpaired) electrons. The summed E-state index contributed by atoms with van der Waals surface area (Å²) in [4.78, 5) is 2.41. The molecule has 2 aliphatic heterocycles. The van der Waals surface area contributed by atoms with Gasteiger partial charge in [-0.3, -0.25) is 4.57 Å². The zero-order valence-electron chi connectivity index (χ0n) is 27.1. The first-order valence-electron chi connectivity index (χ1n) is 16.9. The highest BCUT2D eigenvalue weighted by Gasteiger charge is 2.37. The minimum absolute atomic E-state index is 0.133. The lowest BCUT2D eigenvalue weighted by molar-refractivity contribution is 0.444. The second-order valence-electron chi connectivity index (χ2n) is 13.8. The Kier molecular flexibility index (Phi) is 5.15. The van der Waals surface area contributed by atoms with Gasteiger partial charge in [0.05, 0.1) is 22.4 Å². The van der Waals surface area contributed by atoms with Crippen LogP contribution >= 0.6 is 0 Å². The second kappa shape index (κ2) is 9.42. The lowest BCUT2D eigenvalue weighted by Gasteiger charge is -2.31. The van der Waals surface area contributed by atoms with Crippen LogP contribution in [-0.4, -0.2) is 4.57 Å². The van der Waals surface area contributed by atoms with Gasteiger partial charge in [-0.25, -0.2) is 0 Å². The van der Waals surface area contributed by atoms with Crippen molar-refractivity contribution in [1.82, 2.24) is 4.57 Å². The molecule has 0 fully saturated rings. The lowest BCUT2D eigenvalue weighted by atomic mass is 9.82. The van der Waals surface area contributed by atoms with Crippen LogP contribution in [0.1, 0.15) is 25.0 Å². The molecular formula is C45H30N2O2. The van der Waals surface area contributed by atoms with Crippen LogP contribution < -0.4 is 14.4 Å². The third kappa shape index (κ3) is 3.53. The molecule has 0 saturated heterocycles. The Hall–Kier alpha value is -6.26. The molecule has 3 aliphatic rings. The molecule has 0 bridgehead atoms. The summed E-state index contributed by atoms with van der Waals surface area (Å²) in [5.41, 5.74) is 13.9.